The van der Waals surface area contributed by atoms with E-state index in [1.54, 1.807) is 10.4 Å². The van der Waals surface area contributed by atoms with Crippen molar-refractivity contribution in [3.8, 4) is 6.19 Å². The summed E-state index contributed by atoms with van der Waals surface area (Å²) < 4.78 is 29.4. The molecular formula is C28H28ClN5O2S2. The van der Waals surface area contributed by atoms with Crippen molar-refractivity contribution in [3.63, 3.8) is 0 Å². The first kappa shape index (κ1) is 26.6. The Morgan fingerprint density at radius 2 is 1.84 bits per heavy atom. The first-order valence-electron chi connectivity index (χ1n) is 12.4. The van der Waals surface area contributed by atoms with Gasteiger partial charge in [0, 0.05) is 41.2 Å². The first-order valence-corrected chi connectivity index (χ1v) is 15.1. The summed E-state index contributed by atoms with van der Waals surface area (Å²) in [6.07, 6.45) is 1.90. The highest BCUT2D eigenvalue weighted by molar-refractivity contribution is 8.13. The van der Waals surface area contributed by atoms with Gasteiger partial charge in [-0.05, 0) is 47.9 Å². The van der Waals surface area contributed by atoms with Crippen LogP contribution in [0.2, 0.25) is 5.02 Å². The number of benzene rings is 3. The molecule has 0 bridgehead atoms. The fourth-order valence-corrected chi connectivity index (χ4v) is 9.32. The molecule has 1 N–H and O–H groups in total. The number of para-hydroxylation sites is 1. The number of rotatable bonds is 4. The zero-order valence-electron chi connectivity index (χ0n) is 21.1. The van der Waals surface area contributed by atoms with Crippen molar-refractivity contribution in [1.29, 1.82) is 5.26 Å². The lowest BCUT2D eigenvalue weighted by Crippen LogP contribution is -2.55. The van der Waals surface area contributed by atoms with Crippen LogP contribution in [0.4, 0.5) is 5.69 Å². The Hall–Kier alpha value is -3.03. The van der Waals surface area contributed by atoms with E-state index in [4.69, 9.17) is 11.6 Å². The molecule has 1 fully saturated rings. The molecule has 0 spiro atoms. The predicted octanol–water partition coefficient (Wildman–Crippen LogP) is 5.82. The van der Waals surface area contributed by atoms with Gasteiger partial charge in [0.15, 0.2) is 0 Å². The number of hydrogen-bond donors (Lipinski definition) is 1. The molecular weight excluding hydrogens is 538 g/mol. The number of nitrogens with one attached hydrogen (secondary N) is 1. The van der Waals surface area contributed by atoms with Crippen LogP contribution in [0, 0.1) is 18.4 Å². The van der Waals surface area contributed by atoms with Crippen LogP contribution in [0.1, 0.15) is 35.6 Å². The molecule has 38 heavy (non-hydrogen) atoms. The van der Waals surface area contributed by atoms with Gasteiger partial charge in [0.05, 0.1) is 6.04 Å². The van der Waals surface area contributed by atoms with E-state index in [0.29, 0.717) is 24.1 Å². The van der Waals surface area contributed by atoms with Crippen molar-refractivity contribution >= 4 is 45.0 Å². The van der Waals surface area contributed by atoms with Gasteiger partial charge in [0.1, 0.15) is 4.58 Å². The van der Waals surface area contributed by atoms with Gasteiger partial charge in [0.2, 0.25) is 22.2 Å². The quantitative estimate of drug-likeness (QED) is 0.243. The number of nitriles is 1. The average Bonchev–Trinajstić information content (AvgIpc) is 3.26. The van der Waals surface area contributed by atoms with Crippen LogP contribution >= 0.6 is 23.4 Å². The molecule has 5 rings (SSSR count). The molecule has 0 aromatic heterocycles. The van der Waals surface area contributed by atoms with Crippen molar-refractivity contribution in [2.75, 3.05) is 25.0 Å². The summed E-state index contributed by atoms with van der Waals surface area (Å²) in [5, 5.41) is 13.3. The summed E-state index contributed by atoms with van der Waals surface area (Å²) in [5.41, 5.74) is 3.73. The molecule has 3 unspecified atom stereocenters. The van der Waals surface area contributed by atoms with E-state index >= 15 is 0 Å². The Kier molecular flexibility index (Phi) is 7.68. The number of halogens is 1. The first-order chi connectivity index (χ1) is 18.3. The molecule has 0 aliphatic carbocycles. The number of aryl methyl sites for hydroxylation is 1. The van der Waals surface area contributed by atoms with E-state index in [1.807, 2.05) is 91.7 Å². The van der Waals surface area contributed by atoms with Gasteiger partial charge in [-0.25, -0.2) is 8.42 Å². The maximum absolute atomic E-state index is 14.2. The van der Waals surface area contributed by atoms with Crippen molar-refractivity contribution in [2.45, 2.75) is 35.3 Å². The SMILES string of the molecule is Cc1ccccc1N/C(=N\C#N)N1CCN(S(=O)(=O)C2Sc3ccc(Cl)cc3C2C)C(c2ccccc2)C1. The number of sulfonamides is 1. The minimum atomic E-state index is -3.71. The molecule has 3 aromatic carbocycles. The molecule has 196 valence electrons. The monoisotopic (exact) mass is 565 g/mol. The molecule has 2 aliphatic rings. The number of hydrogen-bond acceptors (Lipinski definition) is 5. The predicted molar refractivity (Wildman–Crippen MR) is 154 cm³/mol. The molecule has 10 heteroatoms. The van der Waals surface area contributed by atoms with Crippen LogP contribution in [-0.2, 0) is 10.0 Å². The number of thioether (sulfide) groups is 1. The van der Waals surface area contributed by atoms with Crippen molar-refractivity contribution in [2.24, 2.45) is 4.99 Å². The number of aliphatic imine (C=N–C) groups is 1. The Bertz CT molecular complexity index is 1510. The van der Waals surface area contributed by atoms with E-state index in [2.05, 4.69) is 10.3 Å². The second kappa shape index (κ2) is 11.0. The minimum absolute atomic E-state index is 0.202. The van der Waals surface area contributed by atoms with E-state index in [0.717, 1.165) is 27.3 Å². The zero-order valence-corrected chi connectivity index (χ0v) is 23.5. The molecule has 3 aromatic rings. The zero-order chi connectivity index (χ0) is 26.9. The molecule has 2 aliphatic heterocycles. The maximum Gasteiger partial charge on any atom is 0.228 e. The van der Waals surface area contributed by atoms with Gasteiger partial charge in [0.25, 0.3) is 0 Å². The summed E-state index contributed by atoms with van der Waals surface area (Å²) in [6, 6.07) is 22.6. The van der Waals surface area contributed by atoms with Crippen LogP contribution < -0.4 is 5.32 Å². The van der Waals surface area contributed by atoms with E-state index in [1.165, 1.54) is 11.8 Å². The Labute approximate surface area is 233 Å². The largest absolute Gasteiger partial charge is 0.339 e. The smallest absolute Gasteiger partial charge is 0.228 e. The van der Waals surface area contributed by atoms with Crippen molar-refractivity contribution in [1.82, 2.24) is 9.21 Å². The van der Waals surface area contributed by atoms with Gasteiger partial charge < -0.3 is 10.2 Å². The second-order valence-electron chi connectivity index (χ2n) is 9.46. The third kappa shape index (κ3) is 5.14. The summed E-state index contributed by atoms with van der Waals surface area (Å²) in [7, 11) is -3.71. The van der Waals surface area contributed by atoms with Gasteiger partial charge in [-0.15, -0.1) is 16.8 Å². The number of guanidine groups is 1. The summed E-state index contributed by atoms with van der Waals surface area (Å²) in [4.78, 5) is 6.99. The van der Waals surface area contributed by atoms with Crippen LogP contribution in [0.5, 0.6) is 0 Å². The van der Waals surface area contributed by atoms with Crippen LogP contribution in [0.3, 0.4) is 0 Å². The third-order valence-corrected chi connectivity index (χ3v) is 11.7. The topological polar surface area (TPSA) is 88.8 Å². The van der Waals surface area contributed by atoms with Crippen LogP contribution in [0.25, 0.3) is 0 Å². The fraction of sp³-hybridized carbons (Fsp3) is 0.286. The normalized spacial score (nSPS) is 22.1. The lowest BCUT2D eigenvalue weighted by Gasteiger charge is -2.43. The molecule has 0 radical (unpaired) electrons. The average molecular weight is 566 g/mol. The standard InChI is InChI=1S/C28H28ClN5O2S2/c1-19-8-6-7-11-24(19)32-28(31-18-30)33-14-15-34(25(17-33)21-9-4-3-5-10-21)38(35,36)27-20(2)23-16-22(29)12-13-26(23)37-27/h3-13,16,20,25,27H,14-15,17H2,1-2H3,(H,31,32). The summed E-state index contributed by atoms with van der Waals surface area (Å²) >= 11 is 7.62. The second-order valence-corrected chi connectivity index (χ2v) is 13.4. The lowest BCUT2D eigenvalue weighted by atomic mass is 10.0. The number of nitrogens with zero attached hydrogens (tertiary/aromatic N) is 4. The molecule has 0 amide bonds. The van der Waals surface area contributed by atoms with Gasteiger partial charge in [-0.1, -0.05) is 67.1 Å². The van der Waals surface area contributed by atoms with Crippen molar-refractivity contribution in [3.05, 3.63) is 94.5 Å². The van der Waals surface area contributed by atoms with Gasteiger partial charge >= 0.3 is 0 Å². The molecule has 1 saturated heterocycles. The highest BCUT2D eigenvalue weighted by Gasteiger charge is 2.46. The van der Waals surface area contributed by atoms with Gasteiger partial charge in [-0.3, -0.25) is 0 Å². The highest BCUT2D eigenvalue weighted by Crippen LogP contribution is 2.50. The summed E-state index contributed by atoms with van der Waals surface area (Å²) in [6.45, 7) is 4.95. The minimum Gasteiger partial charge on any atom is -0.339 e. The number of anilines is 1. The van der Waals surface area contributed by atoms with E-state index in [-0.39, 0.29) is 12.5 Å². The van der Waals surface area contributed by atoms with Crippen molar-refractivity contribution < 1.29 is 8.42 Å². The van der Waals surface area contributed by atoms with Crippen LogP contribution in [0.15, 0.2) is 82.7 Å². The van der Waals surface area contributed by atoms with Gasteiger partial charge in [-0.2, -0.15) is 9.57 Å². The summed E-state index contributed by atoms with van der Waals surface area (Å²) in [5.74, 6) is 0.206. The highest BCUT2D eigenvalue weighted by atomic mass is 35.5. The van der Waals surface area contributed by atoms with Crippen LogP contribution in [-0.4, -0.2) is 47.8 Å². The third-order valence-electron chi connectivity index (χ3n) is 7.10. The Morgan fingerprint density at radius 3 is 2.58 bits per heavy atom. The molecule has 7 nitrogen and oxygen atoms in total. The fourth-order valence-electron chi connectivity index (χ4n) is 5.08. The number of piperazine rings is 1. The maximum atomic E-state index is 14.2. The molecule has 3 atom stereocenters. The number of fused-ring (bicyclic) bond motifs is 1. The Morgan fingerprint density at radius 1 is 1.11 bits per heavy atom. The Balaban J connectivity index is 1.46. The molecule has 0 saturated carbocycles. The van der Waals surface area contributed by atoms with E-state index in [9.17, 15) is 13.7 Å². The lowest BCUT2D eigenvalue weighted by molar-refractivity contribution is 0.194. The molecule has 2 heterocycles. The van der Waals surface area contributed by atoms with E-state index < -0.39 is 20.6 Å².